The average Bonchev–Trinajstić information content (AvgIpc) is 3.29. The van der Waals surface area contributed by atoms with E-state index in [0.29, 0.717) is 19.4 Å². The van der Waals surface area contributed by atoms with Crippen molar-refractivity contribution in [2.24, 2.45) is 0 Å². The van der Waals surface area contributed by atoms with Crippen molar-refractivity contribution < 1.29 is 24.5 Å². The average molecular weight is 903 g/mol. The standard InChI is InChI=1S/C58H111NO5/c1-3-5-7-9-11-13-15-17-19-20-21-23-26-30-34-38-42-46-50-56(61)55(54-60)59-57(62)51-47-43-39-35-31-27-24-25-29-33-37-41-45-49-53-64-58(63)52-48-44-40-36-32-28-22-18-16-14-12-10-8-6-4-2/h18,22,46,50,55-56,60-61H,3-17,19-21,23-45,47-49,51-54H2,1-2H3,(H,59,62)/b22-18-,50-46+. The van der Waals surface area contributed by atoms with Crippen LogP contribution in [0.4, 0.5) is 0 Å². The summed E-state index contributed by atoms with van der Waals surface area (Å²) in [6, 6.07) is -0.636. The molecule has 0 aliphatic heterocycles. The summed E-state index contributed by atoms with van der Waals surface area (Å²) < 4.78 is 5.47. The van der Waals surface area contributed by atoms with Crippen LogP contribution in [0, 0.1) is 0 Å². The molecular weight excluding hydrogens is 791 g/mol. The fourth-order valence-electron chi connectivity index (χ4n) is 8.81. The van der Waals surface area contributed by atoms with Gasteiger partial charge in [0.2, 0.25) is 5.91 Å². The van der Waals surface area contributed by atoms with Gasteiger partial charge in [-0.3, -0.25) is 9.59 Å². The Kier molecular flexibility index (Phi) is 52.6. The Balaban J connectivity index is 3.47. The third kappa shape index (κ3) is 49.8. The van der Waals surface area contributed by atoms with Gasteiger partial charge in [-0.2, -0.15) is 0 Å². The van der Waals surface area contributed by atoms with Crippen molar-refractivity contribution in [3.05, 3.63) is 24.3 Å². The first-order valence-corrected chi connectivity index (χ1v) is 28.6. The van der Waals surface area contributed by atoms with E-state index in [1.807, 2.05) is 6.08 Å². The largest absolute Gasteiger partial charge is 0.466 e. The zero-order valence-corrected chi connectivity index (χ0v) is 43.0. The smallest absolute Gasteiger partial charge is 0.305 e. The van der Waals surface area contributed by atoms with E-state index in [1.165, 1.54) is 225 Å². The van der Waals surface area contributed by atoms with E-state index in [-0.39, 0.29) is 18.5 Å². The minimum atomic E-state index is -0.852. The topological polar surface area (TPSA) is 95.9 Å². The number of hydrogen-bond acceptors (Lipinski definition) is 5. The number of carbonyl (C=O) groups is 2. The Morgan fingerprint density at radius 3 is 1.11 bits per heavy atom. The van der Waals surface area contributed by atoms with Crippen molar-refractivity contribution in [3.8, 4) is 0 Å². The van der Waals surface area contributed by atoms with Gasteiger partial charge in [-0.25, -0.2) is 0 Å². The Bertz CT molecular complexity index is 997. The highest BCUT2D eigenvalue weighted by Gasteiger charge is 2.18. The van der Waals surface area contributed by atoms with Crippen LogP contribution in [0.1, 0.15) is 309 Å². The molecule has 0 rings (SSSR count). The second kappa shape index (κ2) is 54.0. The minimum Gasteiger partial charge on any atom is -0.466 e. The van der Waals surface area contributed by atoms with Gasteiger partial charge in [0.05, 0.1) is 25.4 Å². The second-order valence-electron chi connectivity index (χ2n) is 19.6. The number of esters is 1. The van der Waals surface area contributed by atoms with E-state index < -0.39 is 12.1 Å². The number of allylic oxidation sites excluding steroid dienone is 3. The van der Waals surface area contributed by atoms with Crippen molar-refractivity contribution >= 4 is 11.9 Å². The van der Waals surface area contributed by atoms with Crippen LogP contribution in [0.2, 0.25) is 0 Å². The first kappa shape index (κ1) is 62.3. The SMILES string of the molecule is CCCCCCCC/C=C\CCCCCCCC(=O)OCCCCCCCCCCCCCCCCC(=O)NC(CO)C(O)/C=C/CCCCCCCCCCCCCCCCCC. The highest BCUT2D eigenvalue weighted by Crippen LogP contribution is 2.17. The molecule has 2 unspecified atom stereocenters. The highest BCUT2D eigenvalue weighted by atomic mass is 16.5. The molecule has 0 saturated carbocycles. The van der Waals surface area contributed by atoms with Gasteiger partial charge >= 0.3 is 5.97 Å². The van der Waals surface area contributed by atoms with Gasteiger partial charge in [0.15, 0.2) is 0 Å². The summed E-state index contributed by atoms with van der Waals surface area (Å²) in [5.41, 5.74) is 0. The van der Waals surface area contributed by atoms with Crippen LogP contribution in [0.3, 0.4) is 0 Å². The molecule has 0 aromatic rings. The van der Waals surface area contributed by atoms with Gasteiger partial charge in [-0.1, -0.05) is 263 Å². The van der Waals surface area contributed by atoms with E-state index >= 15 is 0 Å². The number of hydrogen-bond donors (Lipinski definition) is 3. The summed E-state index contributed by atoms with van der Waals surface area (Å²) in [4.78, 5) is 24.5. The van der Waals surface area contributed by atoms with Gasteiger partial charge in [-0.15, -0.1) is 0 Å². The van der Waals surface area contributed by atoms with E-state index in [1.54, 1.807) is 6.08 Å². The number of nitrogens with one attached hydrogen (secondary N) is 1. The molecule has 0 bridgehead atoms. The lowest BCUT2D eigenvalue weighted by Gasteiger charge is -2.20. The number of aliphatic hydroxyl groups is 2. The molecule has 0 saturated heterocycles. The van der Waals surface area contributed by atoms with Crippen molar-refractivity contribution in [1.82, 2.24) is 5.32 Å². The summed E-state index contributed by atoms with van der Waals surface area (Å²) in [5.74, 6) is -0.0878. The predicted octanol–water partition coefficient (Wildman–Crippen LogP) is 17.5. The first-order valence-electron chi connectivity index (χ1n) is 28.6. The molecule has 2 atom stereocenters. The molecule has 0 heterocycles. The monoisotopic (exact) mass is 902 g/mol. The summed E-state index contributed by atoms with van der Waals surface area (Å²) in [6.07, 6.45) is 64.7. The Morgan fingerprint density at radius 2 is 0.734 bits per heavy atom. The quantitative estimate of drug-likeness (QED) is 0.0321. The third-order valence-electron chi connectivity index (χ3n) is 13.2. The molecule has 0 aliphatic carbocycles. The van der Waals surface area contributed by atoms with E-state index in [2.05, 4.69) is 31.3 Å². The van der Waals surface area contributed by atoms with E-state index in [4.69, 9.17) is 4.74 Å². The van der Waals surface area contributed by atoms with Crippen LogP contribution in [-0.2, 0) is 14.3 Å². The maximum Gasteiger partial charge on any atom is 0.305 e. The number of aliphatic hydroxyl groups excluding tert-OH is 2. The zero-order valence-electron chi connectivity index (χ0n) is 43.0. The molecule has 378 valence electrons. The van der Waals surface area contributed by atoms with Crippen molar-refractivity contribution in [2.45, 2.75) is 321 Å². The molecule has 0 radical (unpaired) electrons. The number of unbranched alkanes of at least 4 members (excludes halogenated alkanes) is 40. The predicted molar refractivity (Wildman–Crippen MR) is 278 cm³/mol. The summed E-state index contributed by atoms with van der Waals surface area (Å²) in [7, 11) is 0. The summed E-state index contributed by atoms with van der Waals surface area (Å²) in [5, 5.41) is 23.1. The van der Waals surface area contributed by atoms with E-state index in [9.17, 15) is 19.8 Å². The van der Waals surface area contributed by atoms with E-state index in [0.717, 1.165) is 57.8 Å². The second-order valence-corrected chi connectivity index (χ2v) is 19.6. The number of amides is 1. The van der Waals surface area contributed by atoms with Crippen molar-refractivity contribution in [2.75, 3.05) is 13.2 Å². The Morgan fingerprint density at radius 1 is 0.422 bits per heavy atom. The normalized spacial score (nSPS) is 12.8. The van der Waals surface area contributed by atoms with Gasteiger partial charge < -0.3 is 20.3 Å². The van der Waals surface area contributed by atoms with Crippen LogP contribution in [0.5, 0.6) is 0 Å². The van der Waals surface area contributed by atoms with Gasteiger partial charge in [0.25, 0.3) is 0 Å². The summed E-state index contributed by atoms with van der Waals surface area (Å²) in [6.45, 7) is 4.89. The Hall–Kier alpha value is -1.66. The zero-order chi connectivity index (χ0) is 46.5. The molecule has 0 spiro atoms. The molecule has 1 amide bonds. The third-order valence-corrected chi connectivity index (χ3v) is 13.2. The molecule has 0 fully saturated rings. The lowest BCUT2D eigenvalue weighted by atomic mass is 10.0. The van der Waals surface area contributed by atoms with Crippen LogP contribution in [-0.4, -0.2) is 47.4 Å². The number of rotatable bonds is 53. The number of ether oxygens (including phenoxy) is 1. The van der Waals surface area contributed by atoms with Crippen LogP contribution in [0.25, 0.3) is 0 Å². The molecule has 0 aromatic heterocycles. The molecule has 6 heteroatoms. The molecule has 64 heavy (non-hydrogen) atoms. The summed E-state index contributed by atoms with van der Waals surface area (Å²) >= 11 is 0. The maximum atomic E-state index is 12.5. The van der Waals surface area contributed by atoms with Gasteiger partial charge in [-0.05, 0) is 57.8 Å². The molecule has 0 aromatic carbocycles. The molecule has 6 nitrogen and oxygen atoms in total. The highest BCUT2D eigenvalue weighted by molar-refractivity contribution is 5.76. The maximum absolute atomic E-state index is 12.5. The Labute approximate surface area is 399 Å². The fraction of sp³-hybridized carbons (Fsp3) is 0.897. The van der Waals surface area contributed by atoms with Crippen LogP contribution < -0.4 is 5.32 Å². The lowest BCUT2D eigenvalue weighted by molar-refractivity contribution is -0.143. The van der Waals surface area contributed by atoms with Crippen LogP contribution in [0.15, 0.2) is 24.3 Å². The molecular formula is C58H111NO5. The van der Waals surface area contributed by atoms with Crippen LogP contribution >= 0.6 is 0 Å². The lowest BCUT2D eigenvalue weighted by Crippen LogP contribution is -2.45. The fourth-order valence-corrected chi connectivity index (χ4v) is 8.81. The number of carbonyl (C=O) groups excluding carboxylic acids is 2. The first-order chi connectivity index (χ1) is 31.5. The van der Waals surface area contributed by atoms with Crippen molar-refractivity contribution in [3.63, 3.8) is 0 Å². The van der Waals surface area contributed by atoms with Gasteiger partial charge in [0.1, 0.15) is 0 Å². The van der Waals surface area contributed by atoms with Crippen molar-refractivity contribution in [1.29, 1.82) is 0 Å². The molecule has 0 aliphatic rings. The van der Waals surface area contributed by atoms with Gasteiger partial charge in [0, 0.05) is 12.8 Å². The molecule has 3 N–H and O–H groups in total. The minimum absolute atomic E-state index is 0.0110.